The lowest BCUT2D eigenvalue weighted by molar-refractivity contribution is 1.08. The van der Waals surface area contributed by atoms with Gasteiger partial charge in [0.1, 0.15) is 0 Å². The van der Waals surface area contributed by atoms with Gasteiger partial charge in [-0.15, -0.1) is 0 Å². The van der Waals surface area contributed by atoms with Gasteiger partial charge >= 0.3 is 0 Å². The molecule has 0 bridgehead atoms. The zero-order chi connectivity index (χ0) is 24.4. The van der Waals surface area contributed by atoms with Crippen molar-refractivity contribution >= 4 is 24.4 Å². The zero-order valence-corrected chi connectivity index (χ0v) is 22.0. The fourth-order valence-corrected chi connectivity index (χ4v) is 10.8. The number of allylic oxidation sites excluding steroid dienone is 12. The van der Waals surface area contributed by atoms with Gasteiger partial charge in [0, 0.05) is 35.5 Å². The van der Waals surface area contributed by atoms with Crippen LogP contribution >= 0.6 is 0 Å². The van der Waals surface area contributed by atoms with E-state index < -0.39 is 8.07 Å². The summed E-state index contributed by atoms with van der Waals surface area (Å²) in [7, 11) is -2.07. The number of hydrogen-bond acceptors (Lipinski definition) is 0. The Morgan fingerprint density at radius 1 is 0.556 bits per heavy atom. The minimum absolute atomic E-state index is 1.29. The van der Waals surface area contributed by atoms with Crippen molar-refractivity contribution < 1.29 is 0 Å². The molecule has 5 aliphatic rings. The summed E-state index contributed by atoms with van der Waals surface area (Å²) in [6.45, 7) is 7.42. The molecule has 2 fully saturated rings. The topological polar surface area (TPSA) is 0 Å². The number of hydrogen-bond donors (Lipinski definition) is 0. The summed E-state index contributed by atoms with van der Waals surface area (Å²) in [5, 5.41) is 2.61. The van der Waals surface area contributed by atoms with Crippen LogP contribution in [-0.4, -0.2) is 8.07 Å². The zero-order valence-electron chi connectivity index (χ0n) is 21.0. The number of fused-ring (bicyclic) bond motifs is 5. The molecule has 5 aliphatic carbocycles. The highest BCUT2D eigenvalue weighted by Crippen LogP contribution is 2.66. The molecule has 0 amide bonds. The molecule has 172 valence electrons. The summed E-state index contributed by atoms with van der Waals surface area (Å²) in [5.41, 5.74) is 5.79. The Hall–Kier alpha value is -2.64. The van der Waals surface area contributed by atoms with E-state index in [1.165, 1.54) is 63.3 Å². The fraction of sp³-hybridized carbons (Fsp3) is 0.0857. The predicted octanol–water partition coefficient (Wildman–Crippen LogP) is 8.25. The van der Waals surface area contributed by atoms with Gasteiger partial charge in [0.05, 0.1) is 8.07 Å². The molecule has 0 spiro atoms. The molecule has 36 heavy (non-hydrogen) atoms. The van der Waals surface area contributed by atoms with Crippen molar-refractivity contribution in [1.29, 1.82) is 0 Å². The molecule has 2 saturated carbocycles. The van der Waals surface area contributed by atoms with Crippen molar-refractivity contribution in [3.63, 3.8) is 0 Å². The number of benzene rings is 2. The van der Waals surface area contributed by atoms with E-state index in [4.69, 9.17) is 0 Å². The first-order valence-electron chi connectivity index (χ1n) is 12.8. The van der Waals surface area contributed by atoms with E-state index in [-0.39, 0.29) is 0 Å². The van der Waals surface area contributed by atoms with Crippen LogP contribution in [0.25, 0.3) is 16.3 Å². The minimum atomic E-state index is -2.07. The van der Waals surface area contributed by atoms with Crippen LogP contribution < -0.4 is 0 Å². The molecule has 0 atom stereocenters. The third-order valence-corrected chi connectivity index (χ3v) is 11.8. The summed E-state index contributed by atoms with van der Waals surface area (Å²) in [4.78, 5) is 0. The summed E-state index contributed by atoms with van der Waals surface area (Å²) >= 11 is 0. The number of rotatable bonds is 3. The molecule has 0 unspecified atom stereocenters. The molecular weight excluding hydrogens is 448 g/mol. The van der Waals surface area contributed by atoms with E-state index in [1.807, 2.05) is 0 Å². The maximum atomic E-state index is 2.55. The second-order valence-electron chi connectivity index (χ2n) is 10.6. The highest BCUT2D eigenvalue weighted by molar-refractivity contribution is 6.90. The van der Waals surface area contributed by atoms with Gasteiger partial charge in [0.2, 0.25) is 0 Å². The van der Waals surface area contributed by atoms with Crippen LogP contribution in [-0.2, 0) is 0 Å². The molecule has 0 heterocycles. The quantitative estimate of drug-likeness (QED) is 0.391. The van der Waals surface area contributed by atoms with Crippen LogP contribution in [0, 0.1) is 58.9 Å². The van der Waals surface area contributed by atoms with E-state index >= 15 is 0 Å². The van der Waals surface area contributed by atoms with Gasteiger partial charge in [-0.3, -0.25) is 0 Å². The SMILES string of the molecule is C[C]1[CH][C]2[C](C=CC=C2c2cccc3ccccc23)[C]1[Si](C)(C)[C]1[C]2C=CC=C[C]2[C]2C=CC=C[C]21. The van der Waals surface area contributed by atoms with Crippen LogP contribution in [0.15, 0.2) is 109 Å². The molecule has 2 aromatic rings. The van der Waals surface area contributed by atoms with Gasteiger partial charge in [-0.2, -0.15) is 0 Å². The molecule has 0 aliphatic heterocycles. The smallest absolute Gasteiger partial charge is 0.0647 e. The van der Waals surface area contributed by atoms with E-state index in [0.29, 0.717) is 0 Å². The molecule has 10 radical (unpaired) electrons. The van der Waals surface area contributed by atoms with E-state index in [9.17, 15) is 0 Å². The monoisotopic (exact) mass is 476 g/mol. The van der Waals surface area contributed by atoms with Crippen LogP contribution in [0.2, 0.25) is 13.1 Å². The third-order valence-electron chi connectivity index (χ3n) is 8.14. The first-order chi connectivity index (χ1) is 17.6. The summed E-state index contributed by atoms with van der Waals surface area (Å²) in [6, 6.07) is 15.4. The Balaban J connectivity index is 1.27. The van der Waals surface area contributed by atoms with E-state index in [2.05, 4.69) is 136 Å². The lowest BCUT2D eigenvalue weighted by Gasteiger charge is -2.44. The lowest BCUT2D eigenvalue weighted by Crippen LogP contribution is -2.48. The van der Waals surface area contributed by atoms with Crippen LogP contribution in [0.1, 0.15) is 12.5 Å². The van der Waals surface area contributed by atoms with Gasteiger partial charge in [0.15, 0.2) is 0 Å². The van der Waals surface area contributed by atoms with E-state index in [0.717, 1.165) is 0 Å². The van der Waals surface area contributed by atoms with Crippen molar-refractivity contribution in [1.82, 2.24) is 0 Å². The molecule has 0 N–H and O–H groups in total. The Bertz CT molecular complexity index is 1320. The minimum Gasteiger partial charge on any atom is -0.0762 e. The Kier molecular flexibility index (Phi) is 5.29. The van der Waals surface area contributed by atoms with Crippen molar-refractivity contribution in [3.8, 4) is 0 Å². The molecule has 0 aromatic heterocycles. The Morgan fingerprint density at radius 2 is 1.14 bits per heavy atom. The normalized spacial score (nSPS) is 24.7. The highest BCUT2D eigenvalue weighted by atomic mass is 28.3. The van der Waals surface area contributed by atoms with Gasteiger partial charge in [-0.05, 0) is 45.3 Å². The van der Waals surface area contributed by atoms with Gasteiger partial charge in [-0.25, -0.2) is 0 Å². The predicted molar refractivity (Wildman–Crippen MR) is 154 cm³/mol. The maximum Gasteiger partial charge on any atom is 0.0647 e. The van der Waals surface area contributed by atoms with Crippen molar-refractivity contribution in [2.45, 2.75) is 20.0 Å². The molecule has 0 nitrogen and oxygen atoms in total. The van der Waals surface area contributed by atoms with Crippen LogP contribution in [0.3, 0.4) is 0 Å². The average molecular weight is 477 g/mol. The summed E-state index contributed by atoms with van der Waals surface area (Å²) in [6.07, 6.45) is 27.4. The second kappa shape index (κ2) is 8.45. The molecule has 0 saturated heterocycles. The van der Waals surface area contributed by atoms with Crippen LogP contribution in [0.5, 0.6) is 0 Å². The first kappa shape index (κ1) is 22.5. The van der Waals surface area contributed by atoms with E-state index in [1.54, 1.807) is 11.1 Å². The van der Waals surface area contributed by atoms with Gasteiger partial charge in [-0.1, -0.05) is 129 Å². The van der Waals surface area contributed by atoms with Crippen molar-refractivity contribution in [2.75, 3.05) is 0 Å². The van der Waals surface area contributed by atoms with Crippen molar-refractivity contribution in [3.05, 3.63) is 174 Å². The maximum absolute atomic E-state index is 2.55. The summed E-state index contributed by atoms with van der Waals surface area (Å²) < 4.78 is 0. The second-order valence-corrected chi connectivity index (χ2v) is 14.8. The van der Waals surface area contributed by atoms with Gasteiger partial charge in [0.25, 0.3) is 0 Å². The first-order valence-corrected chi connectivity index (χ1v) is 15.8. The third kappa shape index (κ3) is 3.25. The Morgan fingerprint density at radius 3 is 1.86 bits per heavy atom. The largest absolute Gasteiger partial charge is 0.0762 e. The summed E-state index contributed by atoms with van der Waals surface area (Å²) in [5.74, 6) is 9.83. The molecule has 2 aromatic carbocycles. The lowest BCUT2D eigenvalue weighted by atomic mass is 9.80. The average Bonchev–Trinajstić information content (AvgIpc) is 3.43. The van der Waals surface area contributed by atoms with Gasteiger partial charge < -0.3 is 0 Å². The molecule has 1 heteroatoms. The van der Waals surface area contributed by atoms with Crippen molar-refractivity contribution in [2.24, 2.45) is 0 Å². The highest BCUT2D eigenvalue weighted by Gasteiger charge is 2.61. The fourth-order valence-electron chi connectivity index (χ4n) is 6.78. The standard InChI is InChI=1S/C35H28Si/c1-23-22-33-29(26-19-10-13-24-12-4-5-14-25(24)26)20-11-21-32(33)34(23)36(2,3)35-30-17-8-6-15-27(30)28-16-7-9-18-31(28)35/h4-22H,1-3H3. The molecular formula is C35H28Si. The molecule has 7 rings (SSSR count). The van der Waals surface area contributed by atoms with Crippen LogP contribution in [0.4, 0.5) is 0 Å². The Labute approximate surface area is 217 Å².